The molecule has 1 aliphatic rings. The summed E-state index contributed by atoms with van der Waals surface area (Å²) in [6.45, 7) is 3.80. The van der Waals surface area contributed by atoms with Gasteiger partial charge < -0.3 is 14.2 Å². The molecule has 0 radical (unpaired) electrons. The van der Waals surface area contributed by atoms with E-state index in [9.17, 15) is 4.79 Å². The zero-order chi connectivity index (χ0) is 12.5. The van der Waals surface area contributed by atoms with Crippen LogP contribution >= 0.6 is 0 Å². The van der Waals surface area contributed by atoms with Gasteiger partial charge in [-0.2, -0.15) is 4.99 Å². The second kappa shape index (κ2) is 4.11. The summed E-state index contributed by atoms with van der Waals surface area (Å²) in [5.41, 5.74) is 0.0428. The Kier molecular flexibility index (Phi) is 2.77. The molecule has 2 rings (SSSR count). The maximum absolute atomic E-state index is 10.4. The monoisotopic (exact) mass is 235 g/mol. The van der Waals surface area contributed by atoms with Crippen LogP contribution in [0.15, 0.2) is 17.1 Å². The Labute approximate surface area is 99.0 Å². The molecule has 0 bridgehead atoms. The molecule has 17 heavy (non-hydrogen) atoms. The summed E-state index contributed by atoms with van der Waals surface area (Å²) < 4.78 is 15.8. The van der Waals surface area contributed by atoms with Crippen LogP contribution < -0.4 is 14.2 Å². The van der Waals surface area contributed by atoms with E-state index in [4.69, 9.17) is 14.2 Å². The molecule has 1 aliphatic heterocycles. The van der Waals surface area contributed by atoms with E-state index in [0.717, 1.165) is 5.56 Å². The molecule has 0 aromatic heterocycles. The van der Waals surface area contributed by atoms with Crippen LogP contribution in [0.1, 0.15) is 19.4 Å². The Morgan fingerprint density at radius 3 is 2.59 bits per heavy atom. The molecule has 0 fully saturated rings. The van der Waals surface area contributed by atoms with Crippen LogP contribution in [-0.2, 0) is 10.3 Å². The van der Waals surface area contributed by atoms with E-state index in [1.807, 2.05) is 0 Å². The van der Waals surface area contributed by atoms with Crippen molar-refractivity contribution in [3.63, 3.8) is 0 Å². The van der Waals surface area contributed by atoms with Gasteiger partial charge in [0.2, 0.25) is 12.9 Å². The van der Waals surface area contributed by atoms with Gasteiger partial charge in [-0.3, -0.25) is 0 Å². The van der Waals surface area contributed by atoms with Crippen molar-refractivity contribution in [3.8, 4) is 17.2 Å². The lowest BCUT2D eigenvalue weighted by Crippen LogP contribution is -2.14. The zero-order valence-corrected chi connectivity index (χ0v) is 9.94. The first-order valence-corrected chi connectivity index (χ1v) is 5.15. The highest BCUT2D eigenvalue weighted by molar-refractivity contribution is 5.54. The molecule has 0 aliphatic carbocycles. The van der Waals surface area contributed by atoms with E-state index in [1.54, 1.807) is 39.2 Å². The van der Waals surface area contributed by atoms with E-state index < -0.39 is 5.54 Å². The Hall–Kier alpha value is -2.00. The number of hydrogen-bond acceptors (Lipinski definition) is 5. The highest BCUT2D eigenvalue weighted by Crippen LogP contribution is 2.42. The van der Waals surface area contributed by atoms with E-state index >= 15 is 0 Å². The number of aliphatic imine (C=N–C) groups is 1. The summed E-state index contributed by atoms with van der Waals surface area (Å²) in [6, 6.07) is 3.52. The number of carbonyl (C=O) groups excluding carboxylic acids is 1. The summed E-state index contributed by atoms with van der Waals surface area (Å²) in [4.78, 5) is 14.2. The fourth-order valence-corrected chi connectivity index (χ4v) is 1.74. The van der Waals surface area contributed by atoms with Gasteiger partial charge in [0.15, 0.2) is 11.5 Å². The lowest BCUT2D eigenvalue weighted by atomic mass is 9.93. The predicted octanol–water partition coefficient (Wildman–Crippen LogP) is 1.99. The van der Waals surface area contributed by atoms with Crippen molar-refractivity contribution in [2.24, 2.45) is 4.99 Å². The summed E-state index contributed by atoms with van der Waals surface area (Å²) in [5.74, 6) is 1.88. The van der Waals surface area contributed by atoms with Crippen LogP contribution in [0.25, 0.3) is 0 Å². The standard InChI is InChI=1S/C12H13NO4/c1-12(2,13-6-14)8-4-10-11(17-7-16-10)5-9(8)15-3/h4-5H,7H2,1-3H3. The molecule has 1 aromatic rings. The van der Waals surface area contributed by atoms with Crippen LogP contribution in [-0.4, -0.2) is 20.0 Å². The van der Waals surface area contributed by atoms with Gasteiger partial charge in [-0.25, -0.2) is 4.79 Å². The van der Waals surface area contributed by atoms with Crippen LogP contribution in [0.5, 0.6) is 17.2 Å². The third-order valence-electron chi connectivity index (χ3n) is 2.68. The number of ether oxygens (including phenoxy) is 3. The maximum atomic E-state index is 10.4. The van der Waals surface area contributed by atoms with Gasteiger partial charge in [0.1, 0.15) is 5.75 Å². The summed E-state index contributed by atoms with van der Waals surface area (Å²) >= 11 is 0. The fraction of sp³-hybridized carbons (Fsp3) is 0.417. The van der Waals surface area contributed by atoms with Crippen molar-refractivity contribution in [1.29, 1.82) is 0 Å². The molecule has 5 nitrogen and oxygen atoms in total. The van der Waals surface area contributed by atoms with E-state index in [2.05, 4.69) is 4.99 Å². The topological polar surface area (TPSA) is 57.1 Å². The van der Waals surface area contributed by atoms with Gasteiger partial charge in [-0.1, -0.05) is 0 Å². The van der Waals surface area contributed by atoms with E-state index in [1.165, 1.54) is 0 Å². The first-order chi connectivity index (χ1) is 8.08. The summed E-state index contributed by atoms with van der Waals surface area (Å²) in [7, 11) is 1.56. The summed E-state index contributed by atoms with van der Waals surface area (Å²) in [5, 5.41) is 0. The number of benzene rings is 1. The molecule has 0 amide bonds. The van der Waals surface area contributed by atoms with Crippen LogP contribution in [0.3, 0.4) is 0 Å². The first-order valence-electron chi connectivity index (χ1n) is 5.15. The van der Waals surface area contributed by atoms with Gasteiger partial charge >= 0.3 is 0 Å². The molecule has 1 heterocycles. The van der Waals surface area contributed by atoms with Gasteiger partial charge in [-0.05, 0) is 19.9 Å². The Balaban J connectivity index is 2.56. The second-order valence-corrected chi connectivity index (χ2v) is 4.17. The Morgan fingerprint density at radius 2 is 2.00 bits per heavy atom. The fourth-order valence-electron chi connectivity index (χ4n) is 1.74. The number of fused-ring (bicyclic) bond motifs is 1. The number of hydrogen-bond donors (Lipinski definition) is 0. The number of nitrogens with zero attached hydrogens (tertiary/aromatic N) is 1. The highest BCUT2D eigenvalue weighted by atomic mass is 16.7. The van der Waals surface area contributed by atoms with Crippen LogP contribution in [0.4, 0.5) is 0 Å². The number of isocyanates is 1. The highest BCUT2D eigenvalue weighted by Gasteiger charge is 2.28. The molecule has 5 heteroatoms. The van der Waals surface area contributed by atoms with Crippen molar-refractivity contribution in [1.82, 2.24) is 0 Å². The van der Waals surface area contributed by atoms with E-state index in [-0.39, 0.29) is 6.79 Å². The van der Waals surface area contributed by atoms with E-state index in [0.29, 0.717) is 17.2 Å². The molecular weight excluding hydrogens is 222 g/mol. The van der Waals surface area contributed by atoms with Crippen molar-refractivity contribution in [3.05, 3.63) is 17.7 Å². The average Bonchev–Trinajstić information content (AvgIpc) is 2.74. The molecular formula is C12H13NO4. The second-order valence-electron chi connectivity index (χ2n) is 4.17. The SMILES string of the molecule is COc1cc2c(cc1C(C)(C)N=C=O)OCO2. The smallest absolute Gasteiger partial charge is 0.235 e. The van der Waals surface area contributed by atoms with Crippen molar-refractivity contribution in [2.75, 3.05) is 13.9 Å². The normalized spacial score (nSPS) is 13.1. The van der Waals surface area contributed by atoms with Gasteiger partial charge in [0.25, 0.3) is 0 Å². The quantitative estimate of drug-likeness (QED) is 0.594. The third kappa shape index (κ3) is 1.97. The minimum atomic E-state index is -0.714. The molecule has 90 valence electrons. The maximum Gasteiger partial charge on any atom is 0.235 e. The first kappa shape index (κ1) is 11.5. The van der Waals surface area contributed by atoms with Crippen molar-refractivity contribution < 1.29 is 19.0 Å². The molecule has 0 unspecified atom stereocenters. The van der Waals surface area contributed by atoms with Crippen LogP contribution in [0, 0.1) is 0 Å². The predicted molar refractivity (Wildman–Crippen MR) is 60.3 cm³/mol. The molecule has 0 spiro atoms. The lowest BCUT2D eigenvalue weighted by molar-refractivity contribution is 0.174. The number of rotatable bonds is 3. The largest absolute Gasteiger partial charge is 0.496 e. The number of methoxy groups -OCH3 is 1. The minimum Gasteiger partial charge on any atom is -0.496 e. The van der Waals surface area contributed by atoms with Gasteiger partial charge in [0.05, 0.1) is 12.6 Å². The summed E-state index contributed by atoms with van der Waals surface area (Å²) in [6.07, 6.45) is 1.57. The Bertz CT molecular complexity index is 490. The zero-order valence-electron chi connectivity index (χ0n) is 9.94. The molecule has 0 saturated heterocycles. The molecule has 0 N–H and O–H groups in total. The van der Waals surface area contributed by atoms with Crippen molar-refractivity contribution in [2.45, 2.75) is 19.4 Å². The lowest BCUT2D eigenvalue weighted by Gasteiger charge is -2.21. The van der Waals surface area contributed by atoms with Gasteiger partial charge in [0, 0.05) is 11.6 Å². The van der Waals surface area contributed by atoms with Gasteiger partial charge in [-0.15, -0.1) is 0 Å². The minimum absolute atomic E-state index is 0.194. The Morgan fingerprint density at radius 1 is 1.35 bits per heavy atom. The molecule has 0 atom stereocenters. The molecule has 0 saturated carbocycles. The third-order valence-corrected chi connectivity index (χ3v) is 2.68. The average molecular weight is 235 g/mol. The van der Waals surface area contributed by atoms with Crippen LogP contribution in [0.2, 0.25) is 0 Å². The van der Waals surface area contributed by atoms with Crippen molar-refractivity contribution >= 4 is 6.08 Å². The molecule has 1 aromatic carbocycles.